The van der Waals surface area contributed by atoms with Gasteiger partial charge in [-0.2, -0.15) is 11.8 Å². The minimum atomic E-state index is -1.14. The number of thiophene rings is 1. The van der Waals surface area contributed by atoms with Crippen molar-refractivity contribution >= 4 is 44.9 Å². The van der Waals surface area contributed by atoms with Crippen LogP contribution in [0.2, 0.25) is 0 Å². The molecule has 1 saturated heterocycles. The average molecular weight is 336 g/mol. The molecule has 1 unspecified atom stereocenters. The number of aliphatic hydroxyl groups is 1. The van der Waals surface area contributed by atoms with E-state index in [0.29, 0.717) is 18.7 Å². The number of likely N-dealkylation sites (N-methyl/N-ethyl adjacent to an activating group) is 1. The second-order valence-electron chi connectivity index (χ2n) is 4.23. The van der Waals surface area contributed by atoms with Crippen molar-refractivity contribution in [1.29, 1.82) is 0 Å². The minimum absolute atomic E-state index is 0.160. The highest BCUT2D eigenvalue weighted by Gasteiger charge is 2.41. The van der Waals surface area contributed by atoms with E-state index < -0.39 is 5.60 Å². The Balaban J connectivity index is 2.00. The summed E-state index contributed by atoms with van der Waals surface area (Å²) in [7, 11) is 1.75. The lowest BCUT2D eigenvalue weighted by atomic mass is 10.0. The van der Waals surface area contributed by atoms with Crippen LogP contribution in [0.25, 0.3) is 0 Å². The van der Waals surface area contributed by atoms with Crippen LogP contribution in [-0.4, -0.2) is 40.1 Å². The van der Waals surface area contributed by atoms with Gasteiger partial charge in [0, 0.05) is 27.5 Å². The van der Waals surface area contributed by atoms with E-state index in [1.807, 2.05) is 11.4 Å². The van der Waals surface area contributed by atoms with Crippen LogP contribution in [0.3, 0.4) is 0 Å². The summed E-state index contributed by atoms with van der Waals surface area (Å²) < 4.78 is 1.04. The van der Waals surface area contributed by atoms with E-state index in [1.165, 1.54) is 0 Å². The summed E-state index contributed by atoms with van der Waals surface area (Å²) in [5.74, 6) is 1.22. The van der Waals surface area contributed by atoms with Crippen LogP contribution in [0.4, 0.5) is 0 Å². The molecule has 2 heterocycles. The maximum absolute atomic E-state index is 12.1. The quantitative estimate of drug-likeness (QED) is 0.921. The second kappa shape index (κ2) is 5.30. The van der Waals surface area contributed by atoms with E-state index in [1.54, 1.807) is 35.0 Å². The molecule has 0 aromatic carbocycles. The number of thioether (sulfide) groups is 1. The summed E-state index contributed by atoms with van der Waals surface area (Å²) in [5.41, 5.74) is -1.14. The Kier molecular flexibility index (Phi) is 4.18. The third kappa shape index (κ3) is 3.05. The highest BCUT2D eigenvalue weighted by Crippen LogP contribution is 2.30. The SMILES string of the molecule is CN(Cc1cc(Br)cs1)C(=O)C1(O)CCSC1. The number of carbonyl (C=O) groups is 1. The topological polar surface area (TPSA) is 40.5 Å². The molecule has 1 aromatic heterocycles. The van der Waals surface area contributed by atoms with Gasteiger partial charge in [0.05, 0.1) is 6.54 Å². The van der Waals surface area contributed by atoms with Gasteiger partial charge >= 0.3 is 0 Å². The van der Waals surface area contributed by atoms with Gasteiger partial charge in [-0.3, -0.25) is 4.79 Å². The summed E-state index contributed by atoms with van der Waals surface area (Å²) >= 11 is 6.63. The minimum Gasteiger partial charge on any atom is -0.379 e. The molecule has 94 valence electrons. The highest BCUT2D eigenvalue weighted by atomic mass is 79.9. The van der Waals surface area contributed by atoms with E-state index in [9.17, 15) is 9.90 Å². The van der Waals surface area contributed by atoms with Crippen molar-refractivity contribution in [2.75, 3.05) is 18.6 Å². The van der Waals surface area contributed by atoms with Gasteiger partial charge in [-0.25, -0.2) is 0 Å². The predicted molar refractivity (Wildman–Crippen MR) is 75.4 cm³/mol. The predicted octanol–water partition coefficient (Wildman–Crippen LogP) is 2.34. The maximum atomic E-state index is 12.1. The van der Waals surface area contributed by atoms with E-state index in [2.05, 4.69) is 15.9 Å². The normalized spacial score (nSPS) is 23.9. The standard InChI is InChI=1S/C11H14BrNO2S2/c1-13(5-9-4-8(12)6-17-9)10(14)11(15)2-3-16-7-11/h4,6,15H,2-3,5,7H2,1H3. The van der Waals surface area contributed by atoms with Crippen LogP contribution in [0.1, 0.15) is 11.3 Å². The first kappa shape index (κ1) is 13.4. The average Bonchev–Trinajstić information content (AvgIpc) is 2.88. The van der Waals surface area contributed by atoms with Crippen molar-refractivity contribution in [1.82, 2.24) is 4.90 Å². The molecule has 3 nitrogen and oxygen atoms in total. The van der Waals surface area contributed by atoms with Crippen molar-refractivity contribution in [3.63, 3.8) is 0 Å². The summed E-state index contributed by atoms with van der Waals surface area (Å²) in [6.45, 7) is 0.558. The van der Waals surface area contributed by atoms with Crippen LogP contribution in [-0.2, 0) is 11.3 Å². The number of hydrogen-bond acceptors (Lipinski definition) is 4. The number of nitrogens with zero attached hydrogens (tertiary/aromatic N) is 1. The summed E-state index contributed by atoms with van der Waals surface area (Å²) in [4.78, 5) is 14.9. The molecule has 0 aliphatic carbocycles. The number of hydrogen-bond donors (Lipinski definition) is 1. The number of amides is 1. The van der Waals surface area contributed by atoms with Gasteiger partial charge in [0.2, 0.25) is 0 Å². The van der Waals surface area contributed by atoms with Crippen molar-refractivity contribution in [2.24, 2.45) is 0 Å². The largest absolute Gasteiger partial charge is 0.379 e. The molecule has 17 heavy (non-hydrogen) atoms. The smallest absolute Gasteiger partial charge is 0.255 e. The van der Waals surface area contributed by atoms with Crippen molar-refractivity contribution in [3.05, 3.63) is 20.8 Å². The van der Waals surface area contributed by atoms with Crippen LogP contribution in [0.5, 0.6) is 0 Å². The van der Waals surface area contributed by atoms with Crippen LogP contribution < -0.4 is 0 Å². The van der Waals surface area contributed by atoms with Crippen LogP contribution in [0.15, 0.2) is 15.9 Å². The Morgan fingerprint density at radius 1 is 1.71 bits per heavy atom. The summed E-state index contributed by atoms with van der Waals surface area (Å²) in [5, 5.41) is 12.2. The molecule has 1 aliphatic heterocycles. The molecule has 1 N–H and O–H groups in total. The third-order valence-corrected chi connectivity index (χ3v) is 5.62. The number of rotatable bonds is 3. The molecule has 0 spiro atoms. The van der Waals surface area contributed by atoms with E-state index in [0.717, 1.165) is 15.1 Å². The lowest BCUT2D eigenvalue weighted by molar-refractivity contribution is -0.147. The Morgan fingerprint density at radius 2 is 2.47 bits per heavy atom. The second-order valence-corrected chi connectivity index (χ2v) is 7.24. The van der Waals surface area contributed by atoms with Crippen LogP contribution >= 0.6 is 39.0 Å². The molecule has 1 aliphatic rings. The van der Waals surface area contributed by atoms with Gasteiger partial charge in [-0.1, -0.05) is 0 Å². The van der Waals surface area contributed by atoms with E-state index in [4.69, 9.17) is 0 Å². The number of halogens is 1. The summed E-state index contributed by atoms with van der Waals surface area (Å²) in [6.07, 6.45) is 0.564. The Bertz CT molecular complexity index is 415. The molecule has 6 heteroatoms. The maximum Gasteiger partial charge on any atom is 0.255 e. The molecule has 1 amide bonds. The fourth-order valence-corrected chi connectivity index (χ4v) is 4.56. The zero-order valence-corrected chi connectivity index (χ0v) is 12.7. The molecular weight excluding hydrogens is 322 g/mol. The Labute approximate surface area is 117 Å². The Hall–Kier alpha value is -0.0400. The van der Waals surface area contributed by atoms with Crippen molar-refractivity contribution in [3.8, 4) is 0 Å². The van der Waals surface area contributed by atoms with Crippen LogP contribution in [0, 0.1) is 0 Å². The first-order valence-electron chi connectivity index (χ1n) is 5.30. The van der Waals surface area contributed by atoms with Gasteiger partial charge in [-0.15, -0.1) is 11.3 Å². The number of carbonyl (C=O) groups excluding carboxylic acids is 1. The van der Waals surface area contributed by atoms with Crippen molar-refractivity contribution < 1.29 is 9.90 Å². The molecule has 1 atom stereocenters. The zero-order chi connectivity index (χ0) is 12.5. The molecule has 1 aromatic rings. The van der Waals surface area contributed by atoms with E-state index >= 15 is 0 Å². The fourth-order valence-electron chi connectivity index (χ4n) is 1.82. The molecule has 1 fully saturated rings. The van der Waals surface area contributed by atoms with E-state index in [-0.39, 0.29) is 5.91 Å². The lowest BCUT2D eigenvalue weighted by Gasteiger charge is -2.26. The monoisotopic (exact) mass is 335 g/mol. The molecule has 0 bridgehead atoms. The van der Waals surface area contributed by atoms with Crippen molar-refractivity contribution in [2.45, 2.75) is 18.6 Å². The van der Waals surface area contributed by atoms with Gasteiger partial charge < -0.3 is 10.0 Å². The fraction of sp³-hybridized carbons (Fsp3) is 0.545. The zero-order valence-electron chi connectivity index (χ0n) is 9.48. The van der Waals surface area contributed by atoms with Gasteiger partial charge in [-0.05, 0) is 34.2 Å². The molecule has 0 saturated carbocycles. The first-order valence-corrected chi connectivity index (χ1v) is 8.12. The van der Waals surface area contributed by atoms with Gasteiger partial charge in [0.15, 0.2) is 5.60 Å². The lowest BCUT2D eigenvalue weighted by Crippen LogP contribution is -2.47. The first-order chi connectivity index (χ1) is 8.01. The summed E-state index contributed by atoms with van der Waals surface area (Å²) in [6, 6.07) is 2.00. The van der Waals surface area contributed by atoms with Gasteiger partial charge in [0.25, 0.3) is 5.91 Å². The molecule has 2 rings (SSSR count). The molecule has 0 radical (unpaired) electrons. The third-order valence-electron chi connectivity index (χ3n) is 2.76. The van der Waals surface area contributed by atoms with Gasteiger partial charge in [0.1, 0.15) is 0 Å². The molecular formula is C11H14BrNO2S2. The Morgan fingerprint density at radius 3 is 3.00 bits per heavy atom. The highest BCUT2D eigenvalue weighted by molar-refractivity contribution is 9.10.